The van der Waals surface area contributed by atoms with Gasteiger partial charge in [-0.1, -0.05) is 0 Å². The highest BCUT2D eigenvalue weighted by molar-refractivity contribution is 7.11. The Bertz CT molecular complexity index is 354. The van der Waals surface area contributed by atoms with Gasteiger partial charge in [0.15, 0.2) is 0 Å². The second kappa shape index (κ2) is 6.05. The van der Waals surface area contributed by atoms with Crippen LogP contribution in [0, 0.1) is 0 Å². The van der Waals surface area contributed by atoms with Crippen LogP contribution in [0.25, 0.3) is 0 Å². The highest BCUT2D eigenvalue weighted by Gasteiger charge is 2.17. The van der Waals surface area contributed by atoms with E-state index in [4.69, 9.17) is 4.74 Å². The van der Waals surface area contributed by atoms with Gasteiger partial charge in [0.2, 0.25) is 0 Å². The molecule has 0 aliphatic carbocycles. The Hall–Kier alpha value is -0.820. The quantitative estimate of drug-likeness (QED) is 0.801. The van der Waals surface area contributed by atoms with Gasteiger partial charge in [-0.2, -0.15) is 0 Å². The lowest BCUT2D eigenvalue weighted by Crippen LogP contribution is -2.25. The maximum Gasteiger partial charge on any atom is 0.117 e. The van der Waals surface area contributed by atoms with Crippen LogP contribution >= 0.6 is 22.7 Å². The minimum absolute atomic E-state index is 0.0927. The molecule has 86 valence electrons. The Morgan fingerprint density at radius 2 is 1.88 bits per heavy atom. The molecule has 0 saturated heterocycles. The van der Waals surface area contributed by atoms with Crippen molar-refractivity contribution < 1.29 is 4.74 Å². The van der Waals surface area contributed by atoms with Gasteiger partial charge < -0.3 is 4.74 Å². The molecular formula is C10H13N3OS2. The fourth-order valence-corrected chi connectivity index (χ4v) is 2.84. The first-order valence-electron chi connectivity index (χ1n) is 4.93. The molecule has 1 N–H and O–H groups in total. The minimum atomic E-state index is 0.0927. The normalized spacial score (nSPS) is 11.1. The molecule has 0 fully saturated rings. The molecule has 2 aromatic rings. The predicted octanol–water partition coefficient (Wildman–Crippen LogP) is 1.92. The van der Waals surface area contributed by atoms with Gasteiger partial charge in [0.05, 0.1) is 6.61 Å². The Balaban J connectivity index is 2.08. The van der Waals surface area contributed by atoms with Crippen LogP contribution < -0.4 is 5.32 Å². The zero-order valence-electron chi connectivity index (χ0n) is 8.92. The number of aromatic nitrogens is 2. The first kappa shape index (κ1) is 11.7. The van der Waals surface area contributed by atoms with Crippen LogP contribution in [0.1, 0.15) is 16.1 Å². The van der Waals surface area contributed by atoms with Crippen molar-refractivity contribution in [3.05, 3.63) is 33.2 Å². The van der Waals surface area contributed by atoms with E-state index in [2.05, 4.69) is 15.3 Å². The van der Waals surface area contributed by atoms with Crippen molar-refractivity contribution >= 4 is 22.7 Å². The van der Waals surface area contributed by atoms with E-state index >= 15 is 0 Å². The molecular weight excluding hydrogens is 242 g/mol. The van der Waals surface area contributed by atoms with Gasteiger partial charge in [-0.3, -0.25) is 5.32 Å². The minimum Gasteiger partial charge on any atom is -0.383 e. The van der Waals surface area contributed by atoms with Crippen molar-refractivity contribution in [3.63, 3.8) is 0 Å². The topological polar surface area (TPSA) is 47.0 Å². The average molecular weight is 255 g/mol. The van der Waals surface area contributed by atoms with E-state index < -0.39 is 0 Å². The molecule has 6 heteroatoms. The summed E-state index contributed by atoms with van der Waals surface area (Å²) in [4.78, 5) is 8.67. The third-order valence-electron chi connectivity index (χ3n) is 2.05. The van der Waals surface area contributed by atoms with Crippen LogP contribution in [0.15, 0.2) is 23.2 Å². The van der Waals surface area contributed by atoms with E-state index in [0.717, 1.165) is 16.6 Å². The summed E-state index contributed by atoms with van der Waals surface area (Å²) in [7, 11) is 1.70. The van der Waals surface area contributed by atoms with Crippen LogP contribution in [0.3, 0.4) is 0 Å². The lowest BCUT2D eigenvalue weighted by Gasteiger charge is -2.13. The van der Waals surface area contributed by atoms with Crippen molar-refractivity contribution in [1.82, 2.24) is 15.3 Å². The Morgan fingerprint density at radius 3 is 2.31 bits per heavy atom. The average Bonchev–Trinajstić information content (AvgIpc) is 2.97. The first-order chi connectivity index (χ1) is 7.92. The second-order valence-electron chi connectivity index (χ2n) is 3.12. The molecule has 0 unspecified atom stereocenters. The van der Waals surface area contributed by atoms with Crippen LogP contribution in [-0.4, -0.2) is 30.2 Å². The van der Waals surface area contributed by atoms with Gasteiger partial charge in [-0.05, 0) is 0 Å². The third kappa shape index (κ3) is 2.85. The molecule has 0 aliphatic heterocycles. The molecule has 4 nitrogen and oxygen atoms in total. The zero-order valence-corrected chi connectivity index (χ0v) is 10.6. The number of thiazole rings is 2. The molecule has 0 saturated carbocycles. The van der Waals surface area contributed by atoms with Gasteiger partial charge in [0.1, 0.15) is 16.1 Å². The third-order valence-corrected chi connectivity index (χ3v) is 3.73. The molecule has 0 amide bonds. The van der Waals surface area contributed by atoms with E-state index in [1.54, 1.807) is 29.8 Å². The summed E-state index contributed by atoms with van der Waals surface area (Å²) in [6.45, 7) is 1.48. The number of methoxy groups -OCH3 is 1. The molecule has 2 aromatic heterocycles. The molecule has 0 spiro atoms. The maximum absolute atomic E-state index is 5.03. The van der Waals surface area contributed by atoms with Gasteiger partial charge in [-0.25, -0.2) is 9.97 Å². The fourth-order valence-electron chi connectivity index (χ4n) is 1.34. The van der Waals surface area contributed by atoms with Crippen LogP contribution in [0.4, 0.5) is 0 Å². The molecule has 16 heavy (non-hydrogen) atoms. The van der Waals surface area contributed by atoms with Crippen LogP contribution in [0.2, 0.25) is 0 Å². The SMILES string of the molecule is COCCNC(c1nccs1)c1nccs1. The van der Waals surface area contributed by atoms with Gasteiger partial charge in [0.25, 0.3) is 0 Å². The summed E-state index contributed by atoms with van der Waals surface area (Å²) in [6, 6.07) is 0.0927. The first-order valence-corrected chi connectivity index (χ1v) is 6.69. The van der Waals surface area contributed by atoms with Gasteiger partial charge in [-0.15, -0.1) is 22.7 Å². The Labute approximate surface area is 102 Å². The molecule has 2 rings (SSSR count). The predicted molar refractivity (Wildman–Crippen MR) is 65.9 cm³/mol. The lowest BCUT2D eigenvalue weighted by atomic mass is 10.3. The molecule has 2 heterocycles. The van der Waals surface area contributed by atoms with E-state index in [1.807, 2.05) is 23.2 Å². The summed E-state index contributed by atoms with van der Waals surface area (Å²) in [5.41, 5.74) is 0. The maximum atomic E-state index is 5.03. The number of rotatable bonds is 6. The fraction of sp³-hybridized carbons (Fsp3) is 0.400. The highest BCUT2D eigenvalue weighted by Crippen LogP contribution is 2.24. The summed E-state index contributed by atoms with van der Waals surface area (Å²) in [5.74, 6) is 0. The van der Waals surface area contributed by atoms with Crippen molar-refractivity contribution in [2.24, 2.45) is 0 Å². The molecule has 0 aliphatic rings. The van der Waals surface area contributed by atoms with Crippen molar-refractivity contribution in [2.75, 3.05) is 20.3 Å². The standard InChI is InChI=1S/C10H13N3OS2/c1-14-5-2-11-8(9-12-3-6-15-9)10-13-4-7-16-10/h3-4,6-8,11H,2,5H2,1H3. The van der Waals surface area contributed by atoms with Crippen molar-refractivity contribution in [2.45, 2.75) is 6.04 Å². The summed E-state index contributed by atoms with van der Waals surface area (Å²) >= 11 is 3.28. The summed E-state index contributed by atoms with van der Waals surface area (Å²) in [6.07, 6.45) is 3.64. The van der Waals surface area contributed by atoms with Gasteiger partial charge in [0, 0.05) is 36.8 Å². The van der Waals surface area contributed by atoms with E-state index in [-0.39, 0.29) is 6.04 Å². The second-order valence-corrected chi connectivity index (χ2v) is 4.97. The van der Waals surface area contributed by atoms with Gasteiger partial charge >= 0.3 is 0 Å². The lowest BCUT2D eigenvalue weighted by molar-refractivity contribution is 0.197. The van der Waals surface area contributed by atoms with Crippen LogP contribution in [-0.2, 0) is 4.74 Å². The monoisotopic (exact) mass is 255 g/mol. The number of hydrogen-bond acceptors (Lipinski definition) is 6. The smallest absolute Gasteiger partial charge is 0.117 e. The molecule has 0 aromatic carbocycles. The number of ether oxygens (including phenoxy) is 1. The van der Waals surface area contributed by atoms with E-state index in [9.17, 15) is 0 Å². The molecule has 0 atom stereocenters. The van der Waals surface area contributed by atoms with Crippen LogP contribution in [0.5, 0.6) is 0 Å². The summed E-state index contributed by atoms with van der Waals surface area (Å²) < 4.78 is 5.03. The van der Waals surface area contributed by atoms with E-state index in [0.29, 0.717) is 6.61 Å². The molecule has 0 bridgehead atoms. The number of nitrogens with one attached hydrogen (secondary N) is 1. The largest absolute Gasteiger partial charge is 0.383 e. The summed E-state index contributed by atoms with van der Waals surface area (Å²) in [5, 5.41) is 9.45. The van der Waals surface area contributed by atoms with Crippen molar-refractivity contribution in [3.8, 4) is 0 Å². The molecule has 0 radical (unpaired) electrons. The number of hydrogen-bond donors (Lipinski definition) is 1. The van der Waals surface area contributed by atoms with Crippen molar-refractivity contribution in [1.29, 1.82) is 0 Å². The Kier molecular flexibility index (Phi) is 4.41. The Morgan fingerprint density at radius 1 is 1.25 bits per heavy atom. The highest BCUT2D eigenvalue weighted by atomic mass is 32.1. The zero-order chi connectivity index (χ0) is 11.2. The number of nitrogens with zero attached hydrogens (tertiary/aromatic N) is 2. The van der Waals surface area contributed by atoms with E-state index in [1.165, 1.54) is 0 Å².